The van der Waals surface area contributed by atoms with Crippen LogP contribution in [0.4, 0.5) is 0 Å². The molecule has 0 aromatic rings. The van der Waals surface area contributed by atoms with Crippen LogP contribution in [0.15, 0.2) is 0 Å². The monoisotopic (exact) mass is 201 g/mol. The lowest BCUT2D eigenvalue weighted by atomic mass is 10.4. The number of carbonyl (C=O) groups excluding carboxylic acids is 1. The van der Waals surface area contributed by atoms with E-state index in [1.54, 1.807) is 0 Å². The van der Waals surface area contributed by atoms with Gasteiger partial charge in [-0.1, -0.05) is 0 Å². The third-order valence-corrected chi connectivity index (χ3v) is 0.903. The SMILES string of the molecule is O.O=C1CCCN1.O=S(=O)(O)O. The van der Waals surface area contributed by atoms with Gasteiger partial charge in [-0.2, -0.15) is 8.42 Å². The molecule has 0 spiro atoms. The zero-order valence-corrected chi connectivity index (χ0v) is 6.97. The first-order valence-electron chi connectivity index (χ1n) is 2.86. The minimum absolute atomic E-state index is 0. The first-order chi connectivity index (χ1) is 4.89. The van der Waals surface area contributed by atoms with Gasteiger partial charge in [-0.15, -0.1) is 0 Å². The van der Waals surface area contributed by atoms with Crippen LogP contribution in [0.3, 0.4) is 0 Å². The quantitative estimate of drug-likeness (QED) is 0.406. The lowest BCUT2D eigenvalue weighted by molar-refractivity contribution is -0.119. The molecule has 0 aromatic carbocycles. The molecule has 74 valence electrons. The van der Waals surface area contributed by atoms with Crippen molar-refractivity contribution < 1.29 is 27.8 Å². The standard InChI is InChI=1S/C4H7NO.H2O4S.H2O/c6-4-2-1-3-5-4;1-5(2,3)4;/h1-3H2,(H,5,6);(H2,1,2,3,4);1H2. The van der Waals surface area contributed by atoms with E-state index in [0.29, 0.717) is 0 Å². The summed E-state index contributed by atoms with van der Waals surface area (Å²) in [5, 5.41) is 2.68. The second-order valence-electron chi connectivity index (χ2n) is 1.90. The molecule has 1 saturated heterocycles. The van der Waals surface area contributed by atoms with Gasteiger partial charge in [0.1, 0.15) is 0 Å². The van der Waals surface area contributed by atoms with Crippen LogP contribution in [-0.4, -0.2) is 35.5 Å². The van der Waals surface area contributed by atoms with Crippen molar-refractivity contribution in [1.82, 2.24) is 5.32 Å². The van der Waals surface area contributed by atoms with E-state index in [1.165, 1.54) is 0 Å². The Morgan fingerprint density at radius 1 is 1.33 bits per heavy atom. The van der Waals surface area contributed by atoms with Gasteiger partial charge < -0.3 is 10.8 Å². The summed E-state index contributed by atoms with van der Waals surface area (Å²) in [4.78, 5) is 10.1. The van der Waals surface area contributed by atoms with Crippen molar-refractivity contribution >= 4 is 16.3 Å². The smallest absolute Gasteiger partial charge is 0.394 e. The van der Waals surface area contributed by atoms with Gasteiger partial charge in [-0.3, -0.25) is 13.9 Å². The molecule has 7 nitrogen and oxygen atoms in total. The Balaban J connectivity index is 0. The largest absolute Gasteiger partial charge is 0.412 e. The first-order valence-corrected chi connectivity index (χ1v) is 4.26. The molecule has 12 heavy (non-hydrogen) atoms. The predicted octanol–water partition coefficient (Wildman–Crippen LogP) is -1.58. The van der Waals surface area contributed by atoms with Crippen molar-refractivity contribution in [3.63, 3.8) is 0 Å². The predicted molar refractivity (Wildman–Crippen MR) is 40.0 cm³/mol. The van der Waals surface area contributed by atoms with Gasteiger partial charge >= 0.3 is 10.4 Å². The van der Waals surface area contributed by atoms with Gasteiger partial charge in [0.05, 0.1) is 0 Å². The van der Waals surface area contributed by atoms with Crippen LogP contribution in [0.1, 0.15) is 12.8 Å². The molecule has 0 aromatic heterocycles. The van der Waals surface area contributed by atoms with Crippen molar-refractivity contribution in [3.05, 3.63) is 0 Å². The van der Waals surface area contributed by atoms with E-state index in [-0.39, 0.29) is 11.4 Å². The molecule has 0 saturated carbocycles. The van der Waals surface area contributed by atoms with Gasteiger partial charge in [-0.25, -0.2) is 0 Å². The highest BCUT2D eigenvalue weighted by Crippen LogP contribution is 1.93. The van der Waals surface area contributed by atoms with E-state index in [4.69, 9.17) is 17.5 Å². The average Bonchev–Trinajstić information content (AvgIpc) is 2.12. The molecular formula is C4H11NO6S. The number of carbonyl (C=O) groups is 1. The lowest BCUT2D eigenvalue weighted by Gasteiger charge is -1.80. The Kier molecular flexibility index (Phi) is 6.80. The molecule has 1 aliphatic rings. The first kappa shape index (κ1) is 13.9. The summed E-state index contributed by atoms with van der Waals surface area (Å²) in [6, 6.07) is 0. The highest BCUT2D eigenvalue weighted by Gasteiger charge is 2.05. The second-order valence-corrected chi connectivity index (χ2v) is 2.80. The molecule has 8 heteroatoms. The highest BCUT2D eigenvalue weighted by atomic mass is 32.3. The van der Waals surface area contributed by atoms with Gasteiger partial charge in [-0.05, 0) is 6.42 Å². The summed E-state index contributed by atoms with van der Waals surface area (Å²) in [5.41, 5.74) is 0. The maximum Gasteiger partial charge on any atom is 0.394 e. The van der Waals surface area contributed by atoms with Gasteiger partial charge in [0, 0.05) is 13.0 Å². The van der Waals surface area contributed by atoms with Gasteiger partial charge in [0.15, 0.2) is 0 Å². The third-order valence-electron chi connectivity index (χ3n) is 0.903. The molecule has 1 aliphatic heterocycles. The Morgan fingerprint density at radius 2 is 1.75 bits per heavy atom. The molecule has 5 N–H and O–H groups in total. The topological polar surface area (TPSA) is 135 Å². The normalized spacial score (nSPS) is 15.3. The summed E-state index contributed by atoms with van der Waals surface area (Å²) in [6.07, 6.45) is 1.76. The van der Waals surface area contributed by atoms with Crippen molar-refractivity contribution in [3.8, 4) is 0 Å². The van der Waals surface area contributed by atoms with Crippen LogP contribution in [-0.2, 0) is 15.2 Å². The summed E-state index contributed by atoms with van der Waals surface area (Å²) >= 11 is 0. The lowest BCUT2D eigenvalue weighted by Crippen LogP contribution is -2.12. The molecule has 0 aliphatic carbocycles. The van der Waals surface area contributed by atoms with E-state index in [0.717, 1.165) is 19.4 Å². The fourth-order valence-electron chi connectivity index (χ4n) is 0.565. The molecule has 0 atom stereocenters. The van der Waals surface area contributed by atoms with Crippen molar-refractivity contribution in [2.24, 2.45) is 0 Å². The van der Waals surface area contributed by atoms with Crippen LogP contribution in [0, 0.1) is 0 Å². The van der Waals surface area contributed by atoms with Crippen LogP contribution in [0.5, 0.6) is 0 Å². The molecule has 0 radical (unpaired) electrons. The molecule has 1 amide bonds. The molecular weight excluding hydrogens is 190 g/mol. The zero-order valence-electron chi connectivity index (χ0n) is 6.15. The number of rotatable bonds is 0. The number of hydrogen-bond donors (Lipinski definition) is 3. The number of nitrogens with one attached hydrogen (secondary N) is 1. The summed E-state index contributed by atoms with van der Waals surface area (Å²) in [6.45, 7) is 0.888. The molecule has 1 fully saturated rings. The summed E-state index contributed by atoms with van der Waals surface area (Å²) < 4.78 is 31.6. The van der Waals surface area contributed by atoms with E-state index in [1.807, 2.05) is 0 Å². The molecule has 0 unspecified atom stereocenters. The molecule has 1 rings (SSSR count). The van der Waals surface area contributed by atoms with Crippen molar-refractivity contribution in [2.45, 2.75) is 12.8 Å². The van der Waals surface area contributed by atoms with E-state index in [9.17, 15) is 4.79 Å². The average molecular weight is 201 g/mol. The minimum Gasteiger partial charge on any atom is -0.412 e. The van der Waals surface area contributed by atoms with Crippen LogP contribution < -0.4 is 5.32 Å². The zero-order chi connectivity index (χ0) is 8.91. The Morgan fingerprint density at radius 3 is 1.83 bits per heavy atom. The van der Waals surface area contributed by atoms with E-state index in [2.05, 4.69) is 5.32 Å². The fraction of sp³-hybridized carbons (Fsp3) is 0.750. The minimum atomic E-state index is -4.67. The fourth-order valence-corrected chi connectivity index (χ4v) is 0.565. The van der Waals surface area contributed by atoms with Crippen LogP contribution in [0.25, 0.3) is 0 Å². The summed E-state index contributed by atoms with van der Waals surface area (Å²) in [5.74, 6) is 0.204. The van der Waals surface area contributed by atoms with E-state index < -0.39 is 10.4 Å². The van der Waals surface area contributed by atoms with Crippen LogP contribution in [0.2, 0.25) is 0 Å². The van der Waals surface area contributed by atoms with E-state index >= 15 is 0 Å². The number of hydrogen-bond acceptors (Lipinski definition) is 3. The Labute approximate surface area is 69.7 Å². The molecule has 1 heterocycles. The second kappa shape index (κ2) is 5.89. The van der Waals surface area contributed by atoms with Gasteiger partial charge in [0.2, 0.25) is 5.91 Å². The maximum atomic E-state index is 10.1. The maximum absolute atomic E-state index is 10.1. The van der Waals surface area contributed by atoms with Crippen molar-refractivity contribution in [2.75, 3.05) is 6.54 Å². The van der Waals surface area contributed by atoms with Crippen LogP contribution >= 0.6 is 0 Å². The number of amides is 1. The Hall–Kier alpha value is -0.700. The summed E-state index contributed by atoms with van der Waals surface area (Å²) in [7, 11) is -4.67. The third kappa shape index (κ3) is 16.1. The Bertz CT molecular complexity index is 206. The highest BCUT2D eigenvalue weighted by molar-refractivity contribution is 7.79. The molecule has 0 bridgehead atoms. The van der Waals surface area contributed by atoms with Gasteiger partial charge in [0.25, 0.3) is 0 Å². The van der Waals surface area contributed by atoms with Crippen molar-refractivity contribution in [1.29, 1.82) is 0 Å².